The number of hydrazone groups is 1. The van der Waals surface area contributed by atoms with Crippen LogP contribution in [0, 0.1) is 0 Å². The van der Waals surface area contributed by atoms with Crippen LogP contribution < -0.4 is 5.43 Å². The third kappa shape index (κ3) is 5.90. The lowest BCUT2D eigenvalue weighted by Crippen LogP contribution is -2.21. The highest BCUT2D eigenvalue weighted by molar-refractivity contribution is 9.10. The molecule has 1 heterocycles. The molecule has 1 amide bonds. The number of hydrogen-bond donors (Lipinski definition) is 1. The summed E-state index contributed by atoms with van der Waals surface area (Å²) < 4.78 is 2.90. The molecule has 1 N–H and O–H groups in total. The molecule has 0 fully saturated rings. The molecular formula is C24H19BrClN5OS. The summed E-state index contributed by atoms with van der Waals surface area (Å²) in [6, 6.07) is 24.9. The fourth-order valence-corrected chi connectivity index (χ4v) is 4.16. The molecule has 3 aromatic carbocycles. The first-order valence-electron chi connectivity index (χ1n) is 10.00. The smallest absolute Gasteiger partial charge is 0.250 e. The first-order valence-corrected chi connectivity index (χ1v) is 12.2. The van der Waals surface area contributed by atoms with Crippen molar-refractivity contribution in [3.05, 3.63) is 93.9 Å². The van der Waals surface area contributed by atoms with E-state index in [0.29, 0.717) is 16.0 Å². The van der Waals surface area contributed by atoms with Crippen LogP contribution in [0.4, 0.5) is 0 Å². The van der Waals surface area contributed by atoms with Crippen molar-refractivity contribution in [2.75, 3.05) is 5.75 Å². The minimum atomic E-state index is -0.233. The average Bonchev–Trinajstić information content (AvgIpc) is 3.26. The molecule has 0 saturated heterocycles. The molecule has 166 valence electrons. The zero-order valence-corrected chi connectivity index (χ0v) is 20.7. The maximum atomic E-state index is 12.5. The zero-order chi connectivity index (χ0) is 23.2. The monoisotopic (exact) mass is 539 g/mol. The van der Waals surface area contributed by atoms with Gasteiger partial charge >= 0.3 is 0 Å². The summed E-state index contributed by atoms with van der Waals surface area (Å²) in [4.78, 5) is 12.5. The van der Waals surface area contributed by atoms with E-state index in [1.807, 2.05) is 90.4 Å². The Hall–Kier alpha value is -2.94. The van der Waals surface area contributed by atoms with E-state index in [4.69, 9.17) is 11.6 Å². The number of nitrogens with one attached hydrogen (secondary N) is 1. The summed E-state index contributed by atoms with van der Waals surface area (Å²) in [6.45, 7) is 1.85. The Morgan fingerprint density at radius 3 is 2.42 bits per heavy atom. The molecule has 9 heteroatoms. The Balaban J connectivity index is 1.51. The zero-order valence-electron chi connectivity index (χ0n) is 17.6. The number of aromatic nitrogens is 3. The Morgan fingerprint density at radius 2 is 1.73 bits per heavy atom. The number of amides is 1. The van der Waals surface area contributed by atoms with Crippen molar-refractivity contribution in [2.24, 2.45) is 5.10 Å². The first kappa shape index (κ1) is 23.2. The topological polar surface area (TPSA) is 72.2 Å². The van der Waals surface area contributed by atoms with E-state index in [0.717, 1.165) is 27.0 Å². The van der Waals surface area contributed by atoms with Gasteiger partial charge in [-0.15, -0.1) is 10.2 Å². The van der Waals surface area contributed by atoms with Crippen LogP contribution in [0.3, 0.4) is 0 Å². The van der Waals surface area contributed by atoms with E-state index in [1.165, 1.54) is 11.8 Å². The molecule has 1 aromatic heterocycles. The highest BCUT2D eigenvalue weighted by Gasteiger charge is 2.17. The highest BCUT2D eigenvalue weighted by atomic mass is 79.9. The number of carbonyl (C=O) groups excluding carboxylic acids is 1. The van der Waals surface area contributed by atoms with Gasteiger partial charge in [-0.05, 0) is 48.9 Å². The number of carbonyl (C=O) groups is 1. The predicted molar refractivity (Wildman–Crippen MR) is 137 cm³/mol. The maximum absolute atomic E-state index is 12.5. The normalized spacial score (nSPS) is 11.4. The predicted octanol–water partition coefficient (Wildman–Crippen LogP) is 5.98. The Labute approximate surface area is 209 Å². The van der Waals surface area contributed by atoms with Gasteiger partial charge in [0, 0.05) is 20.7 Å². The number of hydrogen-bond acceptors (Lipinski definition) is 5. The van der Waals surface area contributed by atoms with Gasteiger partial charge in [-0.1, -0.05) is 81.8 Å². The first-order chi connectivity index (χ1) is 16.0. The van der Waals surface area contributed by atoms with E-state index in [9.17, 15) is 4.79 Å². The van der Waals surface area contributed by atoms with Crippen LogP contribution in [0.1, 0.15) is 12.5 Å². The molecular weight excluding hydrogens is 522 g/mol. The molecule has 33 heavy (non-hydrogen) atoms. The van der Waals surface area contributed by atoms with Gasteiger partial charge in [0.05, 0.1) is 11.5 Å². The van der Waals surface area contributed by atoms with Gasteiger partial charge in [-0.25, -0.2) is 5.43 Å². The van der Waals surface area contributed by atoms with Crippen LogP contribution in [-0.2, 0) is 4.79 Å². The van der Waals surface area contributed by atoms with Gasteiger partial charge in [0.2, 0.25) is 0 Å². The van der Waals surface area contributed by atoms with Crippen molar-refractivity contribution in [3.8, 4) is 17.1 Å². The van der Waals surface area contributed by atoms with Gasteiger partial charge < -0.3 is 0 Å². The summed E-state index contributed by atoms with van der Waals surface area (Å²) in [5, 5.41) is 14.2. The van der Waals surface area contributed by atoms with Crippen LogP contribution in [0.2, 0.25) is 5.02 Å². The molecule has 0 radical (unpaired) electrons. The summed E-state index contributed by atoms with van der Waals surface area (Å²) in [5.41, 5.74) is 6.04. The van der Waals surface area contributed by atoms with Crippen LogP contribution >= 0.6 is 39.3 Å². The molecule has 6 nitrogen and oxygen atoms in total. The van der Waals surface area contributed by atoms with Gasteiger partial charge in [0.1, 0.15) is 0 Å². The lowest BCUT2D eigenvalue weighted by molar-refractivity contribution is -0.118. The van der Waals surface area contributed by atoms with Crippen molar-refractivity contribution in [1.29, 1.82) is 0 Å². The number of rotatable bonds is 7. The van der Waals surface area contributed by atoms with E-state index < -0.39 is 0 Å². The minimum absolute atomic E-state index is 0.137. The van der Waals surface area contributed by atoms with Crippen LogP contribution in [0.25, 0.3) is 17.1 Å². The third-order valence-corrected chi connectivity index (χ3v) is 6.40. The molecule has 4 rings (SSSR count). The molecule has 0 aliphatic heterocycles. The molecule has 0 saturated carbocycles. The van der Waals surface area contributed by atoms with Crippen molar-refractivity contribution >= 4 is 50.9 Å². The quantitative estimate of drug-likeness (QED) is 0.178. The van der Waals surface area contributed by atoms with Gasteiger partial charge in [-0.2, -0.15) is 5.10 Å². The standard InChI is InChI=1S/C24H19BrClN5OS/c1-16(17-7-9-19(25)10-8-17)27-28-22(32)15-33-24-30-29-23(18-5-3-2-4-6-18)31(24)21-13-11-20(26)12-14-21/h2-14H,15H2,1H3,(H,28,32)/b27-16-. The van der Waals surface area contributed by atoms with Gasteiger partial charge in [0.15, 0.2) is 11.0 Å². The van der Waals surface area contributed by atoms with Crippen molar-refractivity contribution in [1.82, 2.24) is 20.2 Å². The molecule has 0 unspecified atom stereocenters. The fourth-order valence-electron chi connectivity index (χ4n) is 3.02. The molecule has 0 aliphatic carbocycles. The molecule has 0 spiro atoms. The van der Waals surface area contributed by atoms with Crippen molar-refractivity contribution in [2.45, 2.75) is 12.1 Å². The second-order valence-corrected chi connectivity index (χ2v) is 9.31. The Bertz CT molecular complexity index is 1270. The van der Waals surface area contributed by atoms with Crippen LogP contribution in [0.15, 0.2) is 93.6 Å². The number of nitrogens with zero attached hydrogens (tertiary/aromatic N) is 4. The molecule has 0 aliphatic rings. The SMILES string of the molecule is C/C(=N/NC(=O)CSc1nnc(-c2ccccc2)n1-c1ccc(Cl)cc1)c1ccc(Br)cc1. The van der Waals surface area contributed by atoms with Crippen LogP contribution in [0.5, 0.6) is 0 Å². The van der Waals surface area contributed by atoms with Crippen molar-refractivity contribution < 1.29 is 4.79 Å². The average molecular weight is 541 g/mol. The van der Waals surface area contributed by atoms with Crippen molar-refractivity contribution in [3.63, 3.8) is 0 Å². The summed E-state index contributed by atoms with van der Waals surface area (Å²) in [6.07, 6.45) is 0. The van der Waals surface area contributed by atoms with E-state index >= 15 is 0 Å². The van der Waals surface area contributed by atoms with E-state index in [2.05, 4.69) is 36.7 Å². The van der Waals surface area contributed by atoms with Gasteiger partial charge in [0.25, 0.3) is 5.91 Å². The Kier molecular flexibility index (Phi) is 7.59. The largest absolute Gasteiger partial charge is 0.272 e. The number of benzene rings is 3. The summed E-state index contributed by atoms with van der Waals surface area (Å²) in [7, 11) is 0. The summed E-state index contributed by atoms with van der Waals surface area (Å²) in [5.74, 6) is 0.589. The Morgan fingerprint density at radius 1 is 1.03 bits per heavy atom. The second-order valence-electron chi connectivity index (χ2n) is 7.01. The second kappa shape index (κ2) is 10.8. The minimum Gasteiger partial charge on any atom is -0.272 e. The number of thioether (sulfide) groups is 1. The maximum Gasteiger partial charge on any atom is 0.250 e. The molecule has 0 bridgehead atoms. The molecule has 0 atom stereocenters. The third-order valence-electron chi connectivity index (χ3n) is 4.69. The van der Waals surface area contributed by atoms with E-state index in [1.54, 1.807) is 0 Å². The number of halogens is 2. The molecule has 4 aromatic rings. The van der Waals surface area contributed by atoms with E-state index in [-0.39, 0.29) is 11.7 Å². The lowest BCUT2D eigenvalue weighted by atomic mass is 10.1. The highest BCUT2D eigenvalue weighted by Crippen LogP contribution is 2.28. The van der Waals surface area contributed by atoms with Gasteiger partial charge in [-0.3, -0.25) is 9.36 Å². The lowest BCUT2D eigenvalue weighted by Gasteiger charge is -2.10. The summed E-state index contributed by atoms with van der Waals surface area (Å²) >= 11 is 10.8. The van der Waals surface area contributed by atoms with Crippen LogP contribution in [-0.4, -0.2) is 32.1 Å². The fraction of sp³-hybridized carbons (Fsp3) is 0.0833.